The van der Waals surface area contributed by atoms with E-state index in [0.717, 1.165) is 22.9 Å². The number of aromatic nitrogens is 2. The summed E-state index contributed by atoms with van der Waals surface area (Å²) in [4.78, 5) is 24.6. The second kappa shape index (κ2) is 4.74. The Morgan fingerprint density at radius 1 is 1.58 bits per heavy atom. The van der Waals surface area contributed by atoms with Crippen molar-refractivity contribution in [2.24, 2.45) is 0 Å². The molecule has 104 valence electrons. The van der Waals surface area contributed by atoms with Crippen LogP contribution in [-0.2, 0) is 4.74 Å². The van der Waals surface area contributed by atoms with E-state index < -0.39 is 41.9 Å². The zero-order chi connectivity index (χ0) is 14.2. The summed E-state index contributed by atoms with van der Waals surface area (Å²) in [5, 5.41) is 29.4. The van der Waals surface area contributed by atoms with Gasteiger partial charge in [0.15, 0.2) is 6.23 Å². The summed E-state index contributed by atoms with van der Waals surface area (Å²) < 4.78 is 6.18. The minimum Gasteiger partial charge on any atom is -0.394 e. The van der Waals surface area contributed by atoms with Crippen LogP contribution in [0.4, 0.5) is 0 Å². The van der Waals surface area contributed by atoms with Gasteiger partial charge < -0.3 is 20.1 Å². The molecule has 8 nitrogen and oxygen atoms in total. The van der Waals surface area contributed by atoms with Crippen LogP contribution >= 0.6 is 0 Å². The van der Waals surface area contributed by atoms with Gasteiger partial charge in [0.25, 0.3) is 5.56 Å². The van der Waals surface area contributed by atoms with Gasteiger partial charge >= 0.3 is 5.69 Å². The fourth-order valence-electron chi connectivity index (χ4n) is 2.06. The van der Waals surface area contributed by atoms with Crippen LogP contribution < -0.4 is 11.2 Å². The summed E-state index contributed by atoms with van der Waals surface area (Å²) in [7, 11) is 0. The molecule has 0 bridgehead atoms. The van der Waals surface area contributed by atoms with Crippen LogP contribution in [0.3, 0.4) is 0 Å². The summed E-state index contributed by atoms with van der Waals surface area (Å²) >= 11 is 0. The van der Waals surface area contributed by atoms with E-state index in [1.54, 1.807) is 0 Å². The minimum atomic E-state index is -1.88. The molecule has 0 unspecified atom stereocenters. The first kappa shape index (κ1) is 13.7. The number of nitrogens with one attached hydrogen (secondary N) is 1. The molecule has 1 aliphatic heterocycles. The Labute approximate surface area is 107 Å². The molecule has 1 aliphatic rings. The Bertz CT molecular complexity index is 593. The maximum Gasteiger partial charge on any atom is 0.330 e. The molecular formula is C11H14N2O6. The maximum atomic E-state index is 11.6. The van der Waals surface area contributed by atoms with Gasteiger partial charge in [-0.05, 0) is 0 Å². The predicted octanol–water partition coefficient (Wildman–Crippen LogP) is -2.30. The molecule has 0 spiro atoms. The van der Waals surface area contributed by atoms with E-state index in [4.69, 9.17) is 9.84 Å². The number of hydrogen-bond donors (Lipinski definition) is 4. The van der Waals surface area contributed by atoms with Crippen LogP contribution in [0.2, 0.25) is 0 Å². The summed E-state index contributed by atoms with van der Waals surface area (Å²) in [5.41, 5.74) is -3.26. The van der Waals surface area contributed by atoms with Gasteiger partial charge in [-0.25, -0.2) is 4.79 Å². The number of H-pyrrole nitrogens is 1. The van der Waals surface area contributed by atoms with E-state index in [1.165, 1.54) is 0 Å². The number of aliphatic hydroxyl groups excluding tert-OH is 2. The zero-order valence-electron chi connectivity index (χ0n) is 9.89. The Morgan fingerprint density at radius 3 is 2.74 bits per heavy atom. The highest BCUT2D eigenvalue weighted by Crippen LogP contribution is 2.36. The summed E-state index contributed by atoms with van der Waals surface area (Å²) in [6.07, 6.45) is -1.67. The molecule has 0 amide bonds. The number of aliphatic hydroxyl groups is 3. The van der Waals surface area contributed by atoms with Crippen LogP contribution in [0.15, 0.2) is 34.5 Å². The topological polar surface area (TPSA) is 125 Å². The number of rotatable bonds is 3. The molecule has 0 aliphatic carbocycles. The molecule has 2 heterocycles. The van der Waals surface area contributed by atoms with Crippen molar-refractivity contribution in [2.45, 2.75) is 24.0 Å². The van der Waals surface area contributed by atoms with Crippen molar-refractivity contribution in [3.63, 3.8) is 0 Å². The standard InChI is InChI=1S/C11H14N2O6/c1-2-11(18)6(5-14)19-9(8(11)16)13-4-3-7(15)12-10(13)17/h2-4,6,8-9,14,16,18H,1,5H2,(H,12,15,17)/t6-,8+,9-,11-/m1/s1. The number of nitrogens with zero attached hydrogens (tertiary/aromatic N) is 1. The molecule has 8 heteroatoms. The van der Waals surface area contributed by atoms with Gasteiger partial charge in [0.05, 0.1) is 6.61 Å². The van der Waals surface area contributed by atoms with Crippen LogP contribution in [0.1, 0.15) is 6.23 Å². The molecule has 0 saturated carbocycles. The van der Waals surface area contributed by atoms with Crippen LogP contribution in [0, 0.1) is 0 Å². The highest BCUT2D eigenvalue weighted by molar-refractivity contribution is 5.12. The van der Waals surface area contributed by atoms with Crippen LogP contribution in [0.5, 0.6) is 0 Å². The Kier molecular flexibility index (Phi) is 3.42. The highest BCUT2D eigenvalue weighted by atomic mass is 16.6. The Morgan fingerprint density at radius 2 is 2.26 bits per heavy atom. The minimum absolute atomic E-state index is 0.561. The van der Waals surface area contributed by atoms with Gasteiger partial charge in [-0.2, -0.15) is 0 Å². The largest absolute Gasteiger partial charge is 0.394 e. The van der Waals surface area contributed by atoms with E-state index in [1.807, 2.05) is 4.98 Å². The molecule has 1 fully saturated rings. The lowest BCUT2D eigenvalue weighted by molar-refractivity contribution is -0.0655. The van der Waals surface area contributed by atoms with Gasteiger partial charge in [-0.3, -0.25) is 14.3 Å². The quantitative estimate of drug-likeness (QED) is 0.458. The number of hydrogen-bond acceptors (Lipinski definition) is 6. The molecule has 1 saturated heterocycles. The van der Waals surface area contributed by atoms with Crippen molar-refractivity contribution in [3.05, 3.63) is 45.8 Å². The molecule has 2 rings (SSSR count). The monoisotopic (exact) mass is 270 g/mol. The SMILES string of the molecule is C=C[C@@]1(O)[C@@H](CO)O[C@@H](n2ccc(=O)[nH]c2=O)[C@@H]1O. The first-order chi connectivity index (χ1) is 8.93. The highest BCUT2D eigenvalue weighted by Gasteiger charge is 2.54. The van der Waals surface area contributed by atoms with E-state index in [0.29, 0.717) is 0 Å². The normalized spacial score (nSPS) is 34.4. The molecule has 4 atom stereocenters. The molecule has 1 aromatic rings. The van der Waals surface area contributed by atoms with Crippen molar-refractivity contribution in [1.82, 2.24) is 9.55 Å². The average molecular weight is 270 g/mol. The first-order valence-electron chi connectivity index (χ1n) is 5.56. The smallest absolute Gasteiger partial charge is 0.330 e. The second-order valence-corrected chi connectivity index (χ2v) is 4.25. The Hall–Kier alpha value is -1.74. The van der Waals surface area contributed by atoms with Gasteiger partial charge in [0.1, 0.15) is 17.8 Å². The van der Waals surface area contributed by atoms with Crippen molar-refractivity contribution in [1.29, 1.82) is 0 Å². The lowest BCUT2D eigenvalue weighted by Crippen LogP contribution is -2.47. The fraction of sp³-hybridized carbons (Fsp3) is 0.455. The molecule has 1 aromatic heterocycles. The molecular weight excluding hydrogens is 256 g/mol. The van der Waals surface area contributed by atoms with Crippen molar-refractivity contribution < 1.29 is 20.1 Å². The Balaban J connectivity index is 2.45. The first-order valence-corrected chi connectivity index (χ1v) is 5.56. The molecule has 4 N–H and O–H groups in total. The second-order valence-electron chi connectivity index (χ2n) is 4.25. The molecule has 0 aromatic carbocycles. The third-order valence-electron chi connectivity index (χ3n) is 3.18. The zero-order valence-corrected chi connectivity index (χ0v) is 9.89. The number of aromatic amines is 1. The predicted molar refractivity (Wildman–Crippen MR) is 63.5 cm³/mol. The van der Waals surface area contributed by atoms with Crippen LogP contribution in [0.25, 0.3) is 0 Å². The van der Waals surface area contributed by atoms with Gasteiger partial charge in [0, 0.05) is 12.3 Å². The van der Waals surface area contributed by atoms with Gasteiger partial charge in [0.2, 0.25) is 0 Å². The van der Waals surface area contributed by atoms with E-state index in [-0.39, 0.29) is 0 Å². The van der Waals surface area contributed by atoms with Crippen molar-refractivity contribution >= 4 is 0 Å². The summed E-state index contributed by atoms with van der Waals surface area (Å²) in [6, 6.07) is 1.08. The lowest BCUT2D eigenvalue weighted by Gasteiger charge is -2.26. The van der Waals surface area contributed by atoms with Gasteiger partial charge in [-0.15, -0.1) is 6.58 Å². The summed E-state index contributed by atoms with van der Waals surface area (Å²) in [6.45, 7) is 2.82. The van der Waals surface area contributed by atoms with Crippen molar-refractivity contribution in [3.8, 4) is 0 Å². The molecule has 19 heavy (non-hydrogen) atoms. The fourth-order valence-corrected chi connectivity index (χ4v) is 2.06. The molecule has 0 radical (unpaired) electrons. The van der Waals surface area contributed by atoms with Crippen LogP contribution in [-0.4, -0.2) is 49.3 Å². The van der Waals surface area contributed by atoms with Gasteiger partial charge in [-0.1, -0.05) is 6.08 Å². The summed E-state index contributed by atoms with van der Waals surface area (Å²) in [5.74, 6) is 0. The van der Waals surface area contributed by atoms with E-state index >= 15 is 0 Å². The van der Waals surface area contributed by atoms with E-state index in [2.05, 4.69) is 6.58 Å². The van der Waals surface area contributed by atoms with E-state index in [9.17, 15) is 19.8 Å². The number of ether oxygens (including phenoxy) is 1. The average Bonchev–Trinajstić information content (AvgIpc) is 2.63. The third-order valence-corrected chi connectivity index (χ3v) is 3.18. The lowest BCUT2D eigenvalue weighted by atomic mass is 9.92. The third kappa shape index (κ3) is 2.04. The van der Waals surface area contributed by atoms with Crippen molar-refractivity contribution in [2.75, 3.05) is 6.61 Å². The maximum absolute atomic E-state index is 11.6.